The molecule has 2 heterocycles. The van der Waals surface area contributed by atoms with Crippen LogP contribution >= 0.6 is 11.3 Å². The second-order valence-electron chi connectivity index (χ2n) is 6.79. The summed E-state index contributed by atoms with van der Waals surface area (Å²) in [6, 6.07) is 6.81. The summed E-state index contributed by atoms with van der Waals surface area (Å²) in [5, 5.41) is 1.22. The Balaban J connectivity index is 1.44. The molecule has 0 aliphatic carbocycles. The minimum absolute atomic E-state index is 0.176. The highest BCUT2D eigenvalue weighted by atomic mass is 32.1. The topological polar surface area (TPSA) is 33.2 Å². The van der Waals surface area contributed by atoms with E-state index in [9.17, 15) is 9.18 Å². The highest BCUT2D eigenvalue weighted by Crippen LogP contribution is 2.32. The standard InChI is InChI=1S/C20H25FN2OS/c1-14-15(2)25-20(22-14)17-10-12-23(13-11-17)19(24)9-5-7-16-6-3-4-8-18(16)21/h3-4,6,8,17H,5,7,9-13H2,1-2H3. The first-order valence-electron chi connectivity index (χ1n) is 8.99. The summed E-state index contributed by atoms with van der Waals surface area (Å²) in [5.74, 6) is 0.506. The molecule has 0 bridgehead atoms. The van der Waals surface area contributed by atoms with Crippen LogP contribution in [-0.4, -0.2) is 28.9 Å². The SMILES string of the molecule is Cc1nc(C2CCN(C(=O)CCCc3ccccc3F)CC2)sc1C. The van der Waals surface area contributed by atoms with Crippen LogP contribution in [0.5, 0.6) is 0 Å². The Hall–Kier alpha value is -1.75. The molecule has 1 aliphatic rings. The van der Waals surface area contributed by atoms with E-state index in [1.54, 1.807) is 23.5 Å². The van der Waals surface area contributed by atoms with Crippen molar-refractivity contribution in [2.45, 2.75) is 51.9 Å². The number of hydrogen-bond donors (Lipinski definition) is 0. The third kappa shape index (κ3) is 4.46. The summed E-state index contributed by atoms with van der Waals surface area (Å²) in [5.41, 5.74) is 1.83. The maximum atomic E-state index is 13.6. The Morgan fingerprint density at radius 2 is 2.00 bits per heavy atom. The molecule has 1 aromatic heterocycles. The molecule has 1 aromatic carbocycles. The second kappa shape index (κ2) is 8.09. The zero-order valence-electron chi connectivity index (χ0n) is 14.9. The van der Waals surface area contributed by atoms with Crippen molar-refractivity contribution in [2.24, 2.45) is 0 Å². The van der Waals surface area contributed by atoms with Gasteiger partial charge in [0.1, 0.15) is 5.82 Å². The van der Waals surface area contributed by atoms with Crippen LogP contribution in [0.3, 0.4) is 0 Å². The fourth-order valence-corrected chi connectivity index (χ4v) is 4.43. The van der Waals surface area contributed by atoms with E-state index >= 15 is 0 Å². The molecule has 25 heavy (non-hydrogen) atoms. The Labute approximate surface area is 152 Å². The quantitative estimate of drug-likeness (QED) is 0.779. The predicted octanol–water partition coefficient (Wildman–Crippen LogP) is 4.63. The minimum atomic E-state index is -0.176. The van der Waals surface area contributed by atoms with Gasteiger partial charge in [-0.25, -0.2) is 9.37 Å². The number of rotatable bonds is 5. The number of nitrogens with zero attached hydrogens (tertiary/aromatic N) is 2. The highest BCUT2D eigenvalue weighted by molar-refractivity contribution is 7.11. The Morgan fingerprint density at radius 1 is 1.28 bits per heavy atom. The van der Waals surface area contributed by atoms with E-state index in [1.807, 2.05) is 11.0 Å². The smallest absolute Gasteiger partial charge is 0.222 e. The van der Waals surface area contributed by atoms with E-state index in [1.165, 1.54) is 16.0 Å². The van der Waals surface area contributed by atoms with E-state index in [4.69, 9.17) is 0 Å². The van der Waals surface area contributed by atoms with Crippen LogP contribution < -0.4 is 0 Å². The molecule has 1 aliphatic heterocycles. The molecule has 0 N–H and O–H groups in total. The van der Waals surface area contributed by atoms with Gasteiger partial charge in [-0.1, -0.05) is 18.2 Å². The molecule has 3 nitrogen and oxygen atoms in total. The zero-order valence-corrected chi connectivity index (χ0v) is 15.7. The predicted molar refractivity (Wildman–Crippen MR) is 99.5 cm³/mol. The van der Waals surface area contributed by atoms with Crippen LogP contribution in [0.1, 0.15) is 52.7 Å². The molecule has 0 radical (unpaired) electrons. The summed E-state index contributed by atoms with van der Waals surface area (Å²) in [4.78, 5) is 20.3. The van der Waals surface area contributed by atoms with Gasteiger partial charge in [-0.15, -0.1) is 11.3 Å². The molecule has 1 fully saturated rings. The third-order valence-electron chi connectivity index (χ3n) is 5.04. The second-order valence-corrected chi connectivity index (χ2v) is 8.03. The van der Waals surface area contributed by atoms with Crippen molar-refractivity contribution >= 4 is 17.2 Å². The number of benzene rings is 1. The van der Waals surface area contributed by atoms with Gasteiger partial charge >= 0.3 is 0 Å². The van der Waals surface area contributed by atoms with Crippen molar-refractivity contribution in [3.63, 3.8) is 0 Å². The fraction of sp³-hybridized carbons (Fsp3) is 0.500. The van der Waals surface area contributed by atoms with Crippen molar-refractivity contribution < 1.29 is 9.18 Å². The van der Waals surface area contributed by atoms with Gasteiger partial charge in [-0.2, -0.15) is 0 Å². The lowest BCUT2D eigenvalue weighted by Crippen LogP contribution is -2.37. The van der Waals surface area contributed by atoms with E-state index < -0.39 is 0 Å². The van der Waals surface area contributed by atoms with Gasteiger partial charge in [0.05, 0.1) is 10.7 Å². The van der Waals surface area contributed by atoms with Crippen molar-refractivity contribution in [3.8, 4) is 0 Å². The number of carbonyl (C=O) groups excluding carboxylic acids is 1. The Kier molecular flexibility index (Phi) is 5.84. The van der Waals surface area contributed by atoms with Gasteiger partial charge in [0.15, 0.2) is 0 Å². The van der Waals surface area contributed by atoms with Gasteiger partial charge in [0, 0.05) is 30.3 Å². The minimum Gasteiger partial charge on any atom is -0.343 e. The van der Waals surface area contributed by atoms with E-state index in [-0.39, 0.29) is 11.7 Å². The lowest BCUT2D eigenvalue weighted by Gasteiger charge is -2.31. The molecular weight excluding hydrogens is 335 g/mol. The van der Waals surface area contributed by atoms with Crippen LogP contribution in [0.25, 0.3) is 0 Å². The lowest BCUT2D eigenvalue weighted by molar-refractivity contribution is -0.132. The molecule has 1 saturated heterocycles. The number of carbonyl (C=O) groups is 1. The van der Waals surface area contributed by atoms with E-state index in [0.717, 1.165) is 31.6 Å². The van der Waals surface area contributed by atoms with E-state index in [0.29, 0.717) is 30.7 Å². The molecule has 0 atom stereocenters. The Bertz CT molecular complexity index is 716. The summed E-state index contributed by atoms with van der Waals surface area (Å²) in [6.07, 6.45) is 3.79. The van der Waals surface area contributed by atoms with Crippen molar-refractivity contribution in [1.29, 1.82) is 0 Å². The highest BCUT2D eigenvalue weighted by Gasteiger charge is 2.25. The average Bonchev–Trinajstić information content (AvgIpc) is 2.95. The van der Waals surface area contributed by atoms with Crippen LogP contribution in [0.2, 0.25) is 0 Å². The third-order valence-corrected chi connectivity index (χ3v) is 6.27. The number of amides is 1. The molecule has 2 aromatic rings. The number of aromatic nitrogens is 1. The van der Waals surface area contributed by atoms with Gasteiger partial charge < -0.3 is 4.90 Å². The molecule has 0 saturated carbocycles. The first-order chi connectivity index (χ1) is 12.0. The van der Waals surface area contributed by atoms with Crippen LogP contribution in [0, 0.1) is 19.7 Å². The van der Waals surface area contributed by atoms with Crippen LogP contribution in [0.15, 0.2) is 24.3 Å². The summed E-state index contributed by atoms with van der Waals surface area (Å²) in [7, 11) is 0. The molecule has 134 valence electrons. The van der Waals surface area contributed by atoms with Crippen LogP contribution in [-0.2, 0) is 11.2 Å². The first kappa shape index (κ1) is 18.1. The average molecular weight is 360 g/mol. The zero-order chi connectivity index (χ0) is 17.8. The van der Waals surface area contributed by atoms with Crippen molar-refractivity contribution in [2.75, 3.05) is 13.1 Å². The number of thiazole rings is 1. The van der Waals surface area contributed by atoms with Crippen molar-refractivity contribution in [3.05, 3.63) is 51.2 Å². The van der Waals surface area contributed by atoms with Gasteiger partial charge in [0.2, 0.25) is 5.91 Å². The lowest BCUT2D eigenvalue weighted by atomic mass is 9.97. The molecule has 3 rings (SSSR count). The van der Waals surface area contributed by atoms with Gasteiger partial charge in [-0.3, -0.25) is 4.79 Å². The Morgan fingerprint density at radius 3 is 2.64 bits per heavy atom. The van der Waals surface area contributed by atoms with Crippen LogP contribution in [0.4, 0.5) is 4.39 Å². The largest absolute Gasteiger partial charge is 0.343 e. The van der Waals surface area contributed by atoms with Gasteiger partial charge in [-0.05, 0) is 51.2 Å². The monoisotopic (exact) mass is 360 g/mol. The normalized spacial score (nSPS) is 15.6. The fourth-order valence-electron chi connectivity index (χ4n) is 3.34. The summed E-state index contributed by atoms with van der Waals surface area (Å²) in [6.45, 7) is 5.79. The summed E-state index contributed by atoms with van der Waals surface area (Å²) >= 11 is 1.79. The molecule has 1 amide bonds. The number of likely N-dealkylation sites (tertiary alicyclic amines) is 1. The molecular formula is C20H25FN2OS. The maximum Gasteiger partial charge on any atom is 0.222 e. The number of aryl methyl sites for hydroxylation is 3. The maximum absolute atomic E-state index is 13.6. The number of halogens is 1. The number of piperidine rings is 1. The van der Waals surface area contributed by atoms with Gasteiger partial charge in [0.25, 0.3) is 0 Å². The van der Waals surface area contributed by atoms with E-state index in [2.05, 4.69) is 18.8 Å². The molecule has 5 heteroatoms. The first-order valence-corrected chi connectivity index (χ1v) is 9.81. The van der Waals surface area contributed by atoms with Crippen molar-refractivity contribution in [1.82, 2.24) is 9.88 Å². The number of hydrogen-bond acceptors (Lipinski definition) is 3. The molecule has 0 unspecified atom stereocenters. The summed E-state index contributed by atoms with van der Waals surface area (Å²) < 4.78 is 13.6. The molecule has 0 spiro atoms.